The van der Waals surface area contributed by atoms with Gasteiger partial charge in [-0.25, -0.2) is 0 Å². The maximum Gasteiger partial charge on any atom is 0.254 e. The first-order valence-electron chi connectivity index (χ1n) is 10.2. The number of benzene rings is 2. The zero-order valence-corrected chi connectivity index (χ0v) is 16.9. The van der Waals surface area contributed by atoms with Crippen molar-refractivity contribution in [1.29, 1.82) is 0 Å². The van der Waals surface area contributed by atoms with Crippen molar-refractivity contribution in [2.24, 2.45) is 0 Å². The van der Waals surface area contributed by atoms with Crippen molar-refractivity contribution in [3.05, 3.63) is 82.9 Å². The smallest absolute Gasteiger partial charge is 0.254 e. The van der Waals surface area contributed by atoms with Gasteiger partial charge in [0.1, 0.15) is 0 Å². The molecule has 3 nitrogen and oxygen atoms in total. The summed E-state index contributed by atoms with van der Waals surface area (Å²) in [5, 5.41) is 0. The van der Waals surface area contributed by atoms with Crippen LogP contribution in [0.3, 0.4) is 0 Å². The highest BCUT2D eigenvalue weighted by atomic mass is 16.5. The van der Waals surface area contributed by atoms with Gasteiger partial charge in [0.2, 0.25) is 0 Å². The van der Waals surface area contributed by atoms with Crippen molar-refractivity contribution in [3.63, 3.8) is 0 Å². The van der Waals surface area contributed by atoms with Crippen molar-refractivity contribution in [2.45, 2.75) is 44.6 Å². The average molecular weight is 376 g/mol. The summed E-state index contributed by atoms with van der Waals surface area (Å²) >= 11 is 0. The Kier molecular flexibility index (Phi) is 5.11. The van der Waals surface area contributed by atoms with E-state index in [1.807, 2.05) is 42.2 Å². The number of rotatable bonds is 4. The van der Waals surface area contributed by atoms with Crippen molar-refractivity contribution >= 4 is 5.91 Å². The van der Waals surface area contributed by atoms with Crippen LogP contribution in [-0.2, 0) is 10.2 Å². The van der Waals surface area contributed by atoms with E-state index in [1.165, 1.54) is 16.7 Å². The lowest BCUT2D eigenvalue weighted by molar-refractivity contribution is 0.0449. The molecule has 3 heteroatoms. The van der Waals surface area contributed by atoms with Crippen LogP contribution < -0.4 is 0 Å². The number of amides is 1. The minimum absolute atomic E-state index is 0.121. The Morgan fingerprint density at radius 2 is 1.96 bits per heavy atom. The zero-order valence-electron chi connectivity index (χ0n) is 16.9. The first-order chi connectivity index (χ1) is 13.5. The standard InChI is InChI=1S/C25H29NO2/c1-4-15-28-23-17-25(22-16-18(2)9-10-21(22)23)11-13-26(14-12-25)24(27)20-8-6-5-7-19(20)3/h4-10,16,23H,1,11-15,17H2,2-3H3. The van der Waals surface area contributed by atoms with Gasteiger partial charge in [-0.3, -0.25) is 4.79 Å². The summed E-state index contributed by atoms with van der Waals surface area (Å²) in [6.07, 6.45) is 4.95. The van der Waals surface area contributed by atoms with Crippen LogP contribution in [0.25, 0.3) is 0 Å². The summed E-state index contributed by atoms with van der Waals surface area (Å²) in [4.78, 5) is 15.0. The number of hydrogen-bond acceptors (Lipinski definition) is 2. The number of aryl methyl sites for hydroxylation is 2. The van der Waals surface area contributed by atoms with E-state index in [4.69, 9.17) is 4.74 Å². The molecule has 28 heavy (non-hydrogen) atoms. The van der Waals surface area contributed by atoms with Crippen molar-refractivity contribution in [1.82, 2.24) is 4.90 Å². The van der Waals surface area contributed by atoms with Gasteiger partial charge in [0, 0.05) is 24.1 Å². The molecule has 1 atom stereocenters. The van der Waals surface area contributed by atoms with Crippen LogP contribution in [0.2, 0.25) is 0 Å². The van der Waals surface area contributed by atoms with Crippen molar-refractivity contribution < 1.29 is 9.53 Å². The summed E-state index contributed by atoms with van der Waals surface area (Å²) in [6, 6.07) is 14.6. The number of piperidine rings is 1. The van der Waals surface area contributed by atoms with Crippen LogP contribution in [0.1, 0.15) is 58.0 Å². The van der Waals surface area contributed by atoms with Crippen LogP contribution in [0, 0.1) is 13.8 Å². The maximum absolute atomic E-state index is 13.0. The average Bonchev–Trinajstić information content (AvgIpc) is 2.99. The second-order valence-corrected chi connectivity index (χ2v) is 8.29. The van der Waals surface area contributed by atoms with Crippen LogP contribution in [0.15, 0.2) is 55.1 Å². The molecular formula is C25H29NO2. The van der Waals surface area contributed by atoms with Gasteiger partial charge in [0.25, 0.3) is 5.91 Å². The van der Waals surface area contributed by atoms with E-state index >= 15 is 0 Å². The zero-order chi connectivity index (χ0) is 19.7. The lowest BCUT2D eigenvalue weighted by atomic mass is 9.73. The molecule has 1 amide bonds. The predicted molar refractivity (Wildman–Crippen MR) is 113 cm³/mol. The topological polar surface area (TPSA) is 29.5 Å². The molecule has 1 saturated heterocycles. The minimum atomic E-state index is 0.121. The molecule has 1 unspecified atom stereocenters. The van der Waals surface area contributed by atoms with Gasteiger partial charge in [-0.1, -0.05) is 48.0 Å². The molecule has 0 aromatic heterocycles. The van der Waals surface area contributed by atoms with E-state index in [1.54, 1.807) is 0 Å². The molecule has 1 aliphatic heterocycles. The van der Waals surface area contributed by atoms with E-state index in [9.17, 15) is 4.79 Å². The molecule has 0 saturated carbocycles. The molecule has 1 aliphatic carbocycles. The number of ether oxygens (including phenoxy) is 1. The largest absolute Gasteiger partial charge is 0.369 e. The van der Waals surface area contributed by atoms with Crippen molar-refractivity contribution in [3.8, 4) is 0 Å². The lowest BCUT2D eigenvalue weighted by Crippen LogP contribution is -2.44. The number of hydrogen-bond donors (Lipinski definition) is 0. The maximum atomic E-state index is 13.0. The van der Waals surface area contributed by atoms with Gasteiger partial charge in [0.15, 0.2) is 0 Å². The molecule has 4 rings (SSSR count). The molecule has 146 valence electrons. The van der Waals surface area contributed by atoms with Crippen LogP contribution in [0.5, 0.6) is 0 Å². The highest BCUT2D eigenvalue weighted by Gasteiger charge is 2.46. The first kappa shape index (κ1) is 18.9. The highest BCUT2D eigenvalue weighted by Crippen LogP contribution is 2.52. The third-order valence-electron chi connectivity index (χ3n) is 6.50. The third-order valence-corrected chi connectivity index (χ3v) is 6.50. The number of carbonyl (C=O) groups excluding carboxylic acids is 1. The summed E-state index contributed by atoms with van der Waals surface area (Å²) in [6.45, 7) is 10.1. The van der Waals surface area contributed by atoms with E-state index in [-0.39, 0.29) is 17.4 Å². The summed E-state index contributed by atoms with van der Waals surface area (Å²) < 4.78 is 6.11. The molecule has 0 bridgehead atoms. The molecular weight excluding hydrogens is 346 g/mol. The fourth-order valence-corrected chi connectivity index (χ4v) is 4.91. The summed E-state index contributed by atoms with van der Waals surface area (Å²) in [7, 11) is 0. The molecule has 1 fully saturated rings. The molecule has 2 aliphatic rings. The SMILES string of the molecule is C=CCOC1CC2(CCN(C(=O)c3ccccc3C)CC2)c2cc(C)ccc21. The predicted octanol–water partition coefficient (Wildman–Crippen LogP) is 5.12. The van der Waals surface area contributed by atoms with Crippen LogP contribution in [0.4, 0.5) is 0 Å². The monoisotopic (exact) mass is 375 g/mol. The normalized spacial score (nSPS) is 20.2. The Balaban J connectivity index is 1.55. The van der Waals surface area contributed by atoms with Gasteiger partial charge >= 0.3 is 0 Å². The lowest BCUT2D eigenvalue weighted by Gasteiger charge is -2.40. The quantitative estimate of drug-likeness (QED) is 0.694. The number of nitrogens with zero attached hydrogens (tertiary/aromatic N) is 1. The van der Waals surface area contributed by atoms with E-state index in [0.717, 1.165) is 43.5 Å². The van der Waals surface area contributed by atoms with Gasteiger partial charge in [-0.2, -0.15) is 0 Å². The highest BCUT2D eigenvalue weighted by molar-refractivity contribution is 5.95. The van der Waals surface area contributed by atoms with E-state index in [0.29, 0.717) is 6.61 Å². The second kappa shape index (κ2) is 7.56. The molecule has 2 aromatic rings. The molecule has 0 radical (unpaired) electrons. The Hall–Kier alpha value is -2.39. The first-order valence-corrected chi connectivity index (χ1v) is 10.2. The van der Waals surface area contributed by atoms with Crippen LogP contribution in [-0.4, -0.2) is 30.5 Å². The number of carbonyl (C=O) groups is 1. The number of likely N-dealkylation sites (tertiary alicyclic amines) is 1. The fraction of sp³-hybridized carbons (Fsp3) is 0.400. The van der Waals surface area contributed by atoms with E-state index in [2.05, 4.69) is 31.7 Å². The third kappa shape index (κ3) is 3.29. The van der Waals surface area contributed by atoms with Crippen LogP contribution >= 0.6 is 0 Å². The van der Waals surface area contributed by atoms with Gasteiger partial charge < -0.3 is 9.64 Å². The molecule has 1 heterocycles. The molecule has 2 aromatic carbocycles. The Morgan fingerprint density at radius 1 is 1.21 bits per heavy atom. The van der Waals surface area contributed by atoms with Gasteiger partial charge in [0.05, 0.1) is 12.7 Å². The van der Waals surface area contributed by atoms with Crippen molar-refractivity contribution in [2.75, 3.05) is 19.7 Å². The fourth-order valence-electron chi connectivity index (χ4n) is 4.91. The van der Waals surface area contributed by atoms with Gasteiger partial charge in [-0.15, -0.1) is 6.58 Å². The van der Waals surface area contributed by atoms with E-state index < -0.39 is 0 Å². The minimum Gasteiger partial charge on any atom is -0.369 e. The molecule has 1 spiro atoms. The number of fused-ring (bicyclic) bond motifs is 2. The Labute approximate surface area is 168 Å². The second-order valence-electron chi connectivity index (χ2n) is 8.29. The Bertz CT molecular complexity index is 893. The summed E-state index contributed by atoms with van der Waals surface area (Å²) in [5.74, 6) is 0.162. The van der Waals surface area contributed by atoms with Gasteiger partial charge in [-0.05, 0) is 55.9 Å². The summed E-state index contributed by atoms with van der Waals surface area (Å²) in [5.41, 5.74) is 6.05. The Morgan fingerprint density at radius 3 is 2.68 bits per heavy atom. The molecule has 0 N–H and O–H groups in total.